The van der Waals surface area contributed by atoms with Gasteiger partial charge in [0.25, 0.3) is 0 Å². The molecule has 2 nitrogen and oxygen atoms in total. The Morgan fingerprint density at radius 3 is 2.69 bits per heavy atom. The van der Waals surface area contributed by atoms with Crippen molar-refractivity contribution in [2.45, 2.75) is 32.7 Å². The van der Waals surface area contributed by atoms with Gasteiger partial charge in [-0.15, -0.1) is 0 Å². The lowest BCUT2D eigenvalue weighted by molar-refractivity contribution is 0.375. The molecule has 0 atom stereocenters. The Morgan fingerprint density at radius 1 is 1.44 bits per heavy atom. The normalized spacial score (nSPS) is 17.1. The molecule has 0 spiro atoms. The van der Waals surface area contributed by atoms with Gasteiger partial charge in [0.1, 0.15) is 0 Å². The van der Waals surface area contributed by atoms with E-state index < -0.39 is 0 Å². The van der Waals surface area contributed by atoms with Crippen LogP contribution in [0.2, 0.25) is 0 Å². The zero-order valence-corrected chi connectivity index (χ0v) is 10.8. The van der Waals surface area contributed by atoms with Crippen LogP contribution in [0.4, 0.5) is 0 Å². The average molecular weight is 218 g/mol. The molecule has 0 aliphatic heterocycles. The SMILES string of the molecule is C/N=C\C(=C/N(C)C(C)C)C1=CCCC=C1. The van der Waals surface area contributed by atoms with Gasteiger partial charge in [-0.3, -0.25) is 4.99 Å². The summed E-state index contributed by atoms with van der Waals surface area (Å²) in [4.78, 5) is 6.34. The highest BCUT2D eigenvalue weighted by Crippen LogP contribution is 2.17. The summed E-state index contributed by atoms with van der Waals surface area (Å²) in [6.07, 6.45) is 13.1. The zero-order chi connectivity index (χ0) is 12.0. The van der Waals surface area contributed by atoms with Gasteiger partial charge in [-0.1, -0.05) is 18.2 Å². The summed E-state index contributed by atoms with van der Waals surface area (Å²) in [5.74, 6) is 0. The Kier molecular flexibility index (Phi) is 5.03. The first-order valence-electron chi connectivity index (χ1n) is 5.88. The lowest BCUT2D eigenvalue weighted by Crippen LogP contribution is -2.21. The number of hydrogen-bond acceptors (Lipinski definition) is 2. The molecule has 0 saturated heterocycles. The Balaban J connectivity index is 2.90. The molecule has 1 aliphatic carbocycles. The molecule has 88 valence electrons. The molecule has 1 aliphatic rings. The molecule has 0 aromatic rings. The molecule has 1 rings (SSSR count). The van der Waals surface area contributed by atoms with Crippen LogP contribution in [0.1, 0.15) is 26.7 Å². The van der Waals surface area contributed by atoms with Crippen LogP contribution in [0.15, 0.2) is 40.6 Å². The lowest BCUT2D eigenvalue weighted by Gasteiger charge is -2.20. The third-order valence-electron chi connectivity index (χ3n) is 2.75. The maximum atomic E-state index is 4.13. The molecule has 0 aromatic carbocycles. The second-order valence-electron chi connectivity index (χ2n) is 4.37. The summed E-state index contributed by atoms with van der Waals surface area (Å²) >= 11 is 0. The van der Waals surface area contributed by atoms with Crippen LogP contribution in [0.5, 0.6) is 0 Å². The summed E-state index contributed by atoms with van der Waals surface area (Å²) in [6, 6.07) is 0.508. The van der Waals surface area contributed by atoms with Crippen molar-refractivity contribution in [2.75, 3.05) is 14.1 Å². The van der Waals surface area contributed by atoms with Crippen LogP contribution in [-0.4, -0.2) is 31.3 Å². The molecule has 16 heavy (non-hydrogen) atoms. The van der Waals surface area contributed by atoms with E-state index in [1.165, 1.54) is 11.1 Å². The minimum Gasteiger partial charge on any atom is -0.377 e. The third-order valence-corrected chi connectivity index (χ3v) is 2.75. The van der Waals surface area contributed by atoms with E-state index in [1.54, 1.807) is 0 Å². The molecule has 0 aromatic heterocycles. The van der Waals surface area contributed by atoms with Crippen LogP contribution in [0.25, 0.3) is 0 Å². The second kappa shape index (κ2) is 6.31. The average Bonchev–Trinajstić information content (AvgIpc) is 2.29. The van der Waals surface area contributed by atoms with Crippen molar-refractivity contribution >= 4 is 6.21 Å². The number of allylic oxidation sites excluding steroid dienone is 5. The van der Waals surface area contributed by atoms with E-state index in [1.807, 2.05) is 13.3 Å². The zero-order valence-electron chi connectivity index (χ0n) is 10.8. The fraction of sp³-hybridized carbons (Fsp3) is 0.500. The first-order chi connectivity index (χ1) is 7.65. The molecule has 2 heteroatoms. The molecule has 0 fully saturated rings. The van der Waals surface area contributed by atoms with E-state index in [4.69, 9.17) is 0 Å². The van der Waals surface area contributed by atoms with E-state index >= 15 is 0 Å². The molecule has 0 bridgehead atoms. The van der Waals surface area contributed by atoms with Gasteiger partial charge in [-0.25, -0.2) is 0 Å². The first kappa shape index (κ1) is 12.8. The Morgan fingerprint density at radius 2 is 2.19 bits per heavy atom. The highest BCUT2D eigenvalue weighted by Gasteiger charge is 2.05. The smallest absolute Gasteiger partial charge is 0.0301 e. The molecule has 0 amide bonds. The Hall–Kier alpha value is -1.31. The quantitative estimate of drug-likeness (QED) is 0.662. The number of aliphatic imine (C=N–C) groups is 1. The van der Waals surface area contributed by atoms with Crippen LogP contribution in [-0.2, 0) is 0 Å². The topological polar surface area (TPSA) is 15.6 Å². The van der Waals surface area contributed by atoms with E-state index in [2.05, 4.69) is 55.2 Å². The standard InChI is InChI=1S/C14H22N2/c1-12(2)16(4)11-14(10-15-3)13-8-6-5-7-9-13/h6,8-12H,5,7H2,1-4H3/b14-11+,15-10-. The summed E-state index contributed by atoms with van der Waals surface area (Å²) in [5.41, 5.74) is 2.47. The highest BCUT2D eigenvalue weighted by molar-refractivity contribution is 5.85. The number of hydrogen-bond donors (Lipinski definition) is 0. The second-order valence-corrected chi connectivity index (χ2v) is 4.37. The van der Waals surface area contributed by atoms with Crippen LogP contribution in [0.3, 0.4) is 0 Å². The van der Waals surface area contributed by atoms with Gasteiger partial charge in [0.05, 0.1) is 0 Å². The van der Waals surface area contributed by atoms with Gasteiger partial charge in [0, 0.05) is 38.1 Å². The van der Waals surface area contributed by atoms with Gasteiger partial charge >= 0.3 is 0 Å². The predicted molar refractivity (Wildman–Crippen MR) is 71.9 cm³/mol. The molecule has 0 unspecified atom stereocenters. The first-order valence-corrected chi connectivity index (χ1v) is 5.88. The van der Waals surface area contributed by atoms with Gasteiger partial charge < -0.3 is 4.90 Å². The van der Waals surface area contributed by atoms with Crippen molar-refractivity contribution in [3.8, 4) is 0 Å². The maximum Gasteiger partial charge on any atom is 0.0301 e. The lowest BCUT2D eigenvalue weighted by atomic mass is 10.0. The van der Waals surface area contributed by atoms with Crippen LogP contribution in [0, 0.1) is 0 Å². The van der Waals surface area contributed by atoms with Crippen molar-refractivity contribution in [3.63, 3.8) is 0 Å². The summed E-state index contributed by atoms with van der Waals surface area (Å²) in [5, 5.41) is 0. The Bertz CT molecular complexity index is 333. The van der Waals surface area contributed by atoms with E-state index in [9.17, 15) is 0 Å². The molecule has 0 saturated carbocycles. The van der Waals surface area contributed by atoms with Crippen molar-refractivity contribution < 1.29 is 0 Å². The maximum absolute atomic E-state index is 4.13. The van der Waals surface area contributed by atoms with Crippen LogP contribution >= 0.6 is 0 Å². The van der Waals surface area contributed by atoms with E-state index in [0.29, 0.717) is 6.04 Å². The minimum absolute atomic E-state index is 0.508. The molecule has 0 radical (unpaired) electrons. The summed E-state index contributed by atoms with van der Waals surface area (Å²) < 4.78 is 0. The van der Waals surface area contributed by atoms with E-state index in [-0.39, 0.29) is 0 Å². The molecule has 0 heterocycles. The van der Waals surface area contributed by atoms with E-state index in [0.717, 1.165) is 12.8 Å². The predicted octanol–water partition coefficient (Wildman–Crippen LogP) is 3.19. The van der Waals surface area contributed by atoms with Crippen molar-refractivity contribution in [3.05, 3.63) is 35.6 Å². The third kappa shape index (κ3) is 3.69. The van der Waals surface area contributed by atoms with Crippen molar-refractivity contribution in [1.82, 2.24) is 4.90 Å². The minimum atomic E-state index is 0.508. The summed E-state index contributed by atoms with van der Waals surface area (Å²) in [6.45, 7) is 4.37. The van der Waals surface area contributed by atoms with Crippen molar-refractivity contribution in [2.24, 2.45) is 4.99 Å². The van der Waals surface area contributed by atoms with Gasteiger partial charge in [0.2, 0.25) is 0 Å². The van der Waals surface area contributed by atoms with Gasteiger partial charge in [0.15, 0.2) is 0 Å². The number of rotatable bonds is 4. The fourth-order valence-electron chi connectivity index (χ4n) is 1.52. The fourth-order valence-corrected chi connectivity index (χ4v) is 1.52. The summed E-state index contributed by atoms with van der Waals surface area (Å²) in [7, 11) is 3.91. The largest absolute Gasteiger partial charge is 0.377 e. The molecular weight excluding hydrogens is 196 g/mol. The van der Waals surface area contributed by atoms with Gasteiger partial charge in [-0.05, 0) is 32.3 Å². The molecular formula is C14H22N2. The molecule has 0 N–H and O–H groups in total. The Labute approximate surface area is 99.1 Å². The monoisotopic (exact) mass is 218 g/mol. The van der Waals surface area contributed by atoms with Crippen molar-refractivity contribution in [1.29, 1.82) is 0 Å². The van der Waals surface area contributed by atoms with Crippen LogP contribution < -0.4 is 0 Å². The highest BCUT2D eigenvalue weighted by atomic mass is 15.1. The van der Waals surface area contributed by atoms with Gasteiger partial charge in [-0.2, -0.15) is 0 Å². The number of nitrogens with zero attached hydrogens (tertiary/aromatic N) is 2.